The molecule has 1 aromatic heterocycles. The molecule has 0 amide bonds. The van der Waals surface area contributed by atoms with Crippen LogP contribution >= 0.6 is 0 Å². The Bertz CT molecular complexity index is 995. The van der Waals surface area contributed by atoms with E-state index in [2.05, 4.69) is 16.9 Å². The zero-order valence-electron chi connectivity index (χ0n) is 25.3. The Hall–Kier alpha value is -2.41. The van der Waals surface area contributed by atoms with Crippen LogP contribution in [0.2, 0.25) is 0 Å². The first-order valence-electron chi connectivity index (χ1n) is 15.9. The molecule has 3 rings (SSSR count). The molecule has 5 nitrogen and oxygen atoms in total. The molecule has 228 valence electrons. The first kappa shape index (κ1) is 33.1. The smallest absolute Gasteiger partial charge is 0.292 e. The number of halogens is 2. The largest absolute Gasteiger partial charge is 0.373 e. The molecule has 0 bridgehead atoms. The number of benzene rings is 1. The van der Waals surface area contributed by atoms with Gasteiger partial charge in [0.1, 0.15) is 6.10 Å². The van der Waals surface area contributed by atoms with Crippen LogP contribution in [0.1, 0.15) is 132 Å². The summed E-state index contributed by atoms with van der Waals surface area (Å²) in [4.78, 5) is 30.8. The van der Waals surface area contributed by atoms with Gasteiger partial charge in [-0.25, -0.2) is 23.5 Å². The van der Waals surface area contributed by atoms with E-state index in [9.17, 15) is 4.79 Å². The molecule has 1 aromatic carbocycles. The second kappa shape index (κ2) is 17.5. The Balaban J connectivity index is 1.48. The lowest BCUT2D eigenvalue weighted by Gasteiger charge is -2.29. The Morgan fingerprint density at radius 3 is 2.17 bits per heavy atom. The van der Waals surface area contributed by atoms with Crippen molar-refractivity contribution in [1.29, 1.82) is 0 Å². The standard InChI is InChI=1S/C34H50F2N2O3/c1-4-6-8-9-11-14-26-18-20-27(21-19-26)22-23-28-24-37-33(38-25-28)34(3,36)31(35)30(17-7-5-2)40-41-32(39)29-15-12-10-13-16-29/h10,12-13,15-16,24-27,30-31H,4-9,11,14,17-23H2,1-3H3. The fraction of sp³-hybridized carbons (Fsp3) is 0.676. The third-order valence-electron chi connectivity index (χ3n) is 8.61. The molecule has 0 radical (unpaired) electrons. The van der Waals surface area contributed by atoms with Crippen molar-refractivity contribution in [2.75, 3.05) is 0 Å². The molecule has 1 fully saturated rings. The Morgan fingerprint density at radius 2 is 1.54 bits per heavy atom. The average Bonchev–Trinajstić information content (AvgIpc) is 3.00. The minimum absolute atomic E-state index is 0.193. The van der Waals surface area contributed by atoms with E-state index in [-0.39, 0.29) is 17.8 Å². The molecule has 0 N–H and O–H groups in total. The molecular weight excluding hydrogens is 522 g/mol. The second-order valence-corrected chi connectivity index (χ2v) is 12.0. The van der Waals surface area contributed by atoms with Crippen LogP contribution < -0.4 is 0 Å². The second-order valence-electron chi connectivity index (χ2n) is 12.0. The molecular formula is C34H50F2N2O3. The lowest BCUT2D eigenvalue weighted by Crippen LogP contribution is -2.41. The minimum atomic E-state index is -2.51. The predicted molar refractivity (Wildman–Crippen MR) is 159 cm³/mol. The van der Waals surface area contributed by atoms with Crippen molar-refractivity contribution < 1.29 is 23.4 Å². The van der Waals surface area contributed by atoms with Gasteiger partial charge in [-0.15, -0.1) is 0 Å². The normalized spacial score (nSPS) is 20.2. The maximum Gasteiger partial charge on any atom is 0.373 e. The molecule has 3 unspecified atom stereocenters. The summed E-state index contributed by atoms with van der Waals surface area (Å²) in [6, 6.07) is 8.27. The summed E-state index contributed by atoms with van der Waals surface area (Å²) in [7, 11) is 0. The molecule has 3 atom stereocenters. The number of hydrogen-bond donors (Lipinski definition) is 0. The summed E-state index contributed by atoms with van der Waals surface area (Å²) in [5.74, 6) is 0.616. The fourth-order valence-electron chi connectivity index (χ4n) is 5.80. The molecule has 7 heteroatoms. The minimum Gasteiger partial charge on any atom is -0.292 e. The lowest BCUT2D eigenvalue weighted by molar-refractivity contribution is -0.296. The highest BCUT2D eigenvalue weighted by molar-refractivity contribution is 5.88. The van der Waals surface area contributed by atoms with Crippen molar-refractivity contribution in [2.24, 2.45) is 11.8 Å². The monoisotopic (exact) mass is 572 g/mol. The number of aromatic nitrogens is 2. The number of nitrogens with zero attached hydrogens (tertiary/aromatic N) is 2. The van der Waals surface area contributed by atoms with Crippen LogP contribution in [0, 0.1) is 11.8 Å². The number of carbonyl (C=O) groups is 1. The van der Waals surface area contributed by atoms with Gasteiger partial charge in [0.05, 0.1) is 5.56 Å². The summed E-state index contributed by atoms with van der Waals surface area (Å²) in [6.07, 6.45) is 16.6. The van der Waals surface area contributed by atoms with Gasteiger partial charge in [-0.3, -0.25) is 4.89 Å². The molecule has 41 heavy (non-hydrogen) atoms. The van der Waals surface area contributed by atoms with Crippen molar-refractivity contribution >= 4 is 5.97 Å². The van der Waals surface area contributed by atoms with Gasteiger partial charge in [0.2, 0.25) is 5.67 Å². The third kappa shape index (κ3) is 10.7. The van der Waals surface area contributed by atoms with Crippen LogP contribution in [0.3, 0.4) is 0 Å². The first-order chi connectivity index (χ1) is 19.8. The summed E-state index contributed by atoms with van der Waals surface area (Å²) in [6.45, 7) is 5.32. The van der Waals surface area contributed by atoms with Crippen LogP contribution in [-0.4, -0.2) is 28.2 Å². The third-order valence-corrected chi connectivity index (χ3v) is 8.61. The number of unbranched alkanes of at least 4 members (excludes halogenated alkanes) is 5. The molecule has 1 aliphatic rings. The number of rotatable bonds is 18. The maximum absolute atomic E-state index is 15.8. The van der Waals surface area contributed by atoms with Gasteiger partial charge in [-0.05, 0) is 55.7 Å². The lowest BCUT2D eigenvalue weighted by atomic mass is 9.78. The van der Waals surface area contributed by atoms with E-state index in [0.29, 0.717) is 12.3 Å². The maximum atomic E-state index is 15.8. The van der Waals surface area contributed by atoms with Crippen molar-refractivity contribution in [1.82, 2.24) is 9.97 Å². The highest BCUT2D eigenvalue weighted by Gasteiger charge is 2.45. The van der Waals surface area contributed by atoms with Gasteiger partial charge >= 0.3 is 5.97 Å². The number of carbonyl (C=O) groups excluding carboxylic acids is 1. The van der Waals surface area contributed by atoms with Crippen LogP contribution in [0.15, 0.2) is 42.7 Å². The molecule has 0 aliphatic heterocycles. The van der Waals surface area contributed by atoms with Gasteiger partial charge < -0.3 is 0 Å². The van der Waals surface area contributed by atoms with E-state index in [4.69, 9.17) is 9.78 Å². The van der Waals surface area contributed by atoms with Crippen LogP contribution in [0.25, 0.3) is 0 Å². The summed E-state index contributed by atoms with van der Waals surface area (Å²) < 4.78 is 31.4. The topological polar surface area (TPSA) is 61.3 Å². The summed E-state index contributed by atoms with van der Waals surface area (Å²) in [5, 5.41) is 0. The molecule has 0 spiro atoms. The van der Waals surface area contributed by atoms with E-state index in [0.717, 1.165) is 37.7 Å². The van der Waals surface area contributed by atoms with E-state index in [1.165, 1.54) is 64.2 Å². The van der Waals surface area contributed by atoms with E-state index < -0.39 is 23.9 Å². The highest BCUT2D eigenvalue weighted by Crippen LogP contribution is 2.36. The number of alkyl halides is 2. The molecule has 1 aliphatic carbocycles. The van der Waals surface area contributed by atoms with Crippen molar-refractivity contribution in [3.63, 3.8) is 0 Å². The zero-order valence-corrected chi connectivity index (χ0v) is 25.3. The predicted octanol–water partition coefficient (Wildman–Crippen LogP) is 9.45. The van der Waals surface area contributed by atoms with Crippen molar-refractivity contribution in [3.8, 4) is 0 Å². The highest BCUT2D eigenvalue weighted by atomic mass is 19.2. The molecule has 1 heterocycles. The van der Waals surface area contributed by atoms with Crippen LogP contribution in [0.5, 0.6) is 0 Å². The van der Waals surface area contributed by atoms with Crippen LogP contribution in [-0.2, 0) is 21.9 Å². The number of hydrogen-bond acceptors (Lipinski definition) is 5. The first-order valence-corrected chi connectivity index (χ1v) is 15.9. The van der Waals surface area contributed by atoms with Gasteiger partial charge in [0, 0.05) is 12.4 Å². The van der Waals surface area contributed by atoms with Crippen LogP contribution in [0.4, 0.5) is 8.78 Å². The fourth-order valence-corrected chi connectivity index (χ4v) is 5.80. The molecule has 1 saturated carbocycles. The van der Waals surface area contributed by atoms with Crippen molar-refractivity contribution in [3.05, 3.63) is 59.7 Å². The van der Waals surface area contributed by atoms with E-state index >= 15 is 8.78 Å². The average molecular weight is 573 g/mol. The van der Waals surface area contributed by atoms with Crippen molar-refractivity contribution in [2.45, 2.75) is 135 Å². The zero-order chi connectivity index (χ0) is 29.5. The number of aryl methyl sites for hydroxylation is 1. The quantitative estimate of drug-likeness (QED) is 0.101. The van der Waals surface area contributed by atoms with Gasteiger partial charge in [0.15, 0.2) is 12.0 Å². The van der Waals surface area contributed by atoms with E-state index in [1.807, 2.05) is 6.92 Å². The Kier molecular flexibility index (Phi) is 14.1. The summed E-state index contributed by atoms with van der Waals surface area (Å²) in [5.41, 5.74) is -1.30. The Morgan fingerprint density at radius 1 is 0.927 bits per heavy atom. The molecule has 2 aromatic rings. The Labute approximate surface area is 245 Å². The molecule has 0 saturated heterocycles. The summed E-state index contributed by atoms with van der Waals surface area (Å²) >= 11 is 0. The van der Waals surface area contributed by atoms with Gasteiger partial charge in [0.25, 0.3) is 0 Å². The van der Waals surface area contributed by atoms with E-state index in [1.54, 1.807) is 42.7 Å². The van der Waals surface area contributed by atoms with Gasteiger partial charge in [-0.2, -0.15) is 4.89 Å². The van der Waals surface area contributed by atoms with Gasteiger partial charge in [-0.1, -0.05) is 109 Å². The SMILES string of the molecule is CCCCCCCC1CCC(CCc2cnc(C(C)(F)C(F)C(CCCC)OOC(=O)c3ccccc3)nc2)CC1.